The molecule has 4 heteroatoms. The van der Waals surface area contributed by atoms with E-state index in [0.717, 1.165) is 45.1 Å². The molecule has 0 unspecified atom stereocenters. The van der Waals surface area contributed by atoms with Crippen LogP contribution in [-0.4, -0.2) is 54.7 Å². The molecule has 0 aliphatic heterocycles. The molecule has 4 nitrogen and oxygen atoms in total. The van der Waals surface area contributed by atoms with Crippen LogP contribution >= 0.6 is 0 Å². The number of unbranched alkanes of at least 4 members (excludes halogenated alkanes) is 23. The molecule has 1 amide bonds. The van der Waals surface area contributed by atoms with E-state index in [0.29, 0.717) is 17.6 Å². The summed E-state index contributed by atoms with van der Waals surface area (Å²) in [6, 6.07) is 0. The van der Waals surface area contributed by atoms with Gasteiger partial charge in [0.2, 0.25) is 5.91 Å². The zero-order valence-electron chi connectivity index (χ0n) is 35.2. The van der Waals surface area contributed by atoms with Crippen molar-refractivity contribution in [1.29, 1.82) is 0 Å². The maximum absolute atomic E-state index is 12.9. The van der Waals surface area contributed by atoms with Crippen LogP contribution in [0.3, 0.4) is 0 Å². The predicted octanol–water partition coefficient (Wildman–Crippen LogP) is 16.4. The van der Waals surface area contributed by atoms with E-state index in [2.05, 4.69) is 32.6 Å². The van der Waals surface area contributed by atoms with Gasteiger partial charge in [-0.25, -0.2) is 0 Å². The highest BCUT2D eigenvalue weighted by Gasteiger charge is 2.14. The maximum atomic E-state index is 12.9. The fourth-order valence-electron chi connectivity index (χ4n) is 7.63. The second kappa shape index (κ2) is 47.3. The smallest absolute Gasteiger partial charge is 0.222 e. The van der Waals surface area contributed by atoms with Crippen molar-refractivity contribution in [3.63, 3.8) is 0 Å². The topological polar surface area (TPSA) is 40.6 Å². The van der Waals surface area contributed by atoms with Gasteiger partial charge in [0.1, 0.15) is 5.78 Å². The maximum Gasteiger partial charge on any atom is 0.222 e. The summed E-state index contributed by atoms with van der Waals surface area (Å²) in [4.78, 5) is 30.0. The lowest BCUT2D eigenvalue weighted by Crippen LogP contribution is -2.27. The van der Waals surface area contributed by atoms with Gasteiger partial charge in [0.15, 0.2) is 0 Å². The number of carbonyl (C=O) groups is 2. The van der Waals surface area contributed by atoms with Crippen molar-refractivity contribution in [3.05, 3.63) is 0 Å². The third-order valence-electron chi connectivity index (χ3n) is 11.1. The van der Waals surface area contributed by atoms with Crippen molar-refractivity contribution in [2.75, 3.05) is 33.2 Å². The number of carbonyl (C=O) groups excluding carboxylic acids is 2. The van der Waals surface area contributed by atoms with Gasteiger partial charge < -0.3 is 9.80 Å². The zero-order valence-corrected chi connectivity index (χ0v) is 35.2. The average molecular weight is 755 g/mol. The highest BCUT2D eigenvalue weighted by atomic mass is 16.2. The van der Waals surface area contributed by atoms with Gasteiger partial charge in [-0.15, -0.1) is 0 Å². The van der Waals surface area contributed by atoms with Crippen LogP contribution in [0.5, 0.6) is 0 Å². The van der Waals surface area contributed by atoms with Gasteiger partial charge in [-0.3, -0.25) is 9.59 Å². The molecule has 0 bridgehead atoms. The minimum Gasteiger partial charge on any atom is -0.346 e. The van der Waals surface area contributed by atoms with Crippen molar-refractivity contribution < 1.29 is 11.0 Å². The Kier molecular flexibility index (Phi) is 52.4. The summed E-state index contributed by atoms with van der Waals surface area (Å²) in [5.74, 6) is 1.52. The third-order valence-corrected chi connectivity index (χ3v) is 11.1. The molecule has 0 fully saturated rings. The molecule has 0 saturated carbocycles. The summed E-state index contributed by atoms with van der Waals surface area (Å²) in [5, 5.41) is 0. The number of nitrogens with zero attached hydrogens (tertiary/aromatic N) is 2. The van der Waals surface area contributed by atoms with Crippen LogP contribution < -0.4 is 0 Å². The first-order chi connectivity index (χ1) is 24.5. The normalized spacial score (nSPS) is 11.0. The zero-order chi connectivity index (χ0) is 36.8. The molecule has 0 aromatic rings. The number of amides is 1. The molecule has 0 aliphatic rings. The quantitative estimate of drug-likeness (QED) is 0.0584. The first-order valence-electron chi connectivity index (χ1n) is 23.0. The van der Waals surface area contributed by atoms with E-state index in [-0.39, 0.29) is 23.7 Å². The van der Waals surface area contributed by atoms with Crippen LogP contribution in [0.25, 0.3) is 0 Å². The highest BCUT2D eigenvalue weighted by Crippen LogP contribution is 2.24. The first kappa shape index (κ1) is 58.8. The Morgan fingerprint density at radius 2 is 0.774 bits per heavy atom. The minimum absolute atomic E-state index is 0. The first-order valence-corrected chi connectivity index (χ1v) is 23.0. The van der Waals surface area contributed by atoms with Crippen molar-refractivity contribution in [1.82, 2.24) is 9.80 Å². The summed E-state index contributed by atoms with van der Waals surface area (Å²) in [5.41, 5.74) is 0. The van der Waals surface area contributed by atoms with Crippen LogP contribution in [0.15, 0.2) is 0 Å². The number of ketones is 1. The molecule has 0 heterocycles. The third kappa shape index (κ3) is 42.1. The molecule has 0 saturated heterocycles. The van der Waals surface area contributed by atoms with Gasteiger partial charge in [0.05, 0.1) is 0 Å². The molecule has 0 aromatic heterocycles. The fraction of sp³-hybridized carbons (Fsp3) is 0.959. The van der Waals surface area contributed by atoms with Gasteiger partial charge in [0.25, 0.3) is 0 Å². The Morgan fingerprint density at radius 1 is 0.415 bits per heavy atom. The van der Waals surface area contributed by atoms with Crippen molar-refractivity contribution >= 4 is 11.7 Å². The number of hydrogen-bond donors (Lipinski definition) is 0. The van der Waals surface area contributed by atoms with E-state index in [9.17, 15) is 9.59 Å². The van der Waals surface area contributed by atoms with Gasteiger partial charge >= 0.3 is 0 Å². The van der Waals surface area contributed by atoms with Crippen LogP contribution in [0.2, 0.25) is 0 Å². The van der Waals surface area contributed by atoms with Gasteiger partial charge in [-0.2, -0.15) is 0 Å². The molecular weight excluding hydrogens is 649 g/mol. The predicted molar refractivity (Wildman–Crippen MR) is 245 cm³/mol. The van der Waals surface area contributed by atoms with Crippen LogP contribution in [0.1, 0.15) is 270 Å². The summed E-state index contributed by atoms with van der Waals surface area (Å²) >= 11 is 0. The fourth-order valence-corrected chi connectivity index (χ4v) is 7.63. The van der Waals surface area contributed by atoms with Gasteiger partial charge in [-0.05, 0) is 64.1 Å². The minimum atomic E-state index is 0. The van der Waals surface area contributed by atoms with E-state index in [1.807, 2.05) is 11.9 Å². The van der Waals surface area contributed by atoms with Gasteiger partial charge in [-0.1, -0.05) is 210 Å². The van der Waals surface area contributed by atoms with Crippen LogP contribution in [0.4, 0.5) is 0 Å². The molecule has 0 aliphatic carbocycles. The molecule has 0 atom stereocenters. The molecule has 0 radical (unpaired) electrons. The molecule has 0 aromatic carbocycles. The van der Waals surface area contributed by atoms with E-state index in [4.69, 9.17) is 0 Å². The number of hydrogen-bond acceptors (Lipinski definition) is 3. The van der Waals surface area contributed by atoms with E-state index < -0.39 is 0 Å². The summed E-state index contributed by atoms with van der Waals surface area (Å²) in [6.07, 6.45) is 42.4. The highest BCUT2D eigenvalue weighted by molar-refractivity contribution is 5.78. The largest absolute Gasteiger partial charge is 0.346 e. The average Bonchev–Trinajstić information content (AvgIpc) is 3.11. The molecule has 53 heavy (non-hydrogen) atoms. The summed E-state index contributed by atoms with van der Waals surface area (Å²) in [7, 11) is 1.99. The van der Waals surface area contributed by atoms with E-state index >= 15 is 0 Å². The van der Waals surface area contributed by atoms with E-state index in [1.54, 1.807) is 0 Å². The SMILES string of the molecule is C.C.C.CCCCCCCCC(CCCCCCCC)CC(=O)CCCCCCCN(CCC)CCCCCCCC(=O)N(C)CCCCCCCC.[HH]. The Bertz CT molecular complexity index is 702. The molecular formula is C49H106N2O2. The van der Waals surface area contributed by atoms with Crippen molar-refractivity contribution in [2.45, 2.75) is 268 Å². The summed E-state index contributed by atoms with van der Waals surface area (Å²) in [6.45, 7) is 13.7. The second-order valence-electron chi connectivity index (χ2n) is 16.2. The van der Waals surface area contributed by atoms with Crippen LogP contribution in [0, 0.1) is 5.92 Å². The summed E-state index contributed by atoms with van der Waals surface area (Å²) < 4.78 is 0. The van der Waals surface area contributed by atoms with Crippen molar-refractivity contribution in [3.8, 4) is 0 Å². The Hall–Kier alpha value is -0.900. The number of Topliss-reactive ketones (excluding diaryl/α,β-unsaturated/α-hetero) is 1. The lowest BCUT2D eigenvalue weighted by Gasteiger charge is -2.21. The molecule has 324 valence electrons. The second-order valence-corrected chi connectivity index (χ2v) is 16.2. The molecule has 0 N–H and O–H groups in total. The molecule has 0 rings (SSSR count). The van der Waals surface area contributed by atoms with Gasteiger partial charge in [0, 0.05) is 34.3 Å². The van der Waals surface area contributed by atoms with E-state index in [1.165, 1.54) is 199 Å². The van der Waals surface area contributed by atoms with Crippen LogP contribution in [-0.2, 0) is 9.59 Å². The lowest BCUT2D eigenvalue weighted by molar-refractivity contribution is -0.130. The Morgan fingerprint density at radius 3 is 1.21 bits per heavy atom. The monoisotopic (exact) mass is 755 g/mol. The Balaban J connectivity index is -0.00000200. The lowest BCUT2D eigenvalue weighted by atomic mass is 9.89. The Labute approximate surface area is 339 Å². The molecule has 0 spiro atoms. The van der Waals surface area contributed by atoms with Crippen molar-refractivity contribution in [2.24, 2.45) is 5.92 Å². The number of rotatable bonds is 41. The standard InChI is InChI=1S/C46H92N2O2.3CH4.H2/c1-6-10-13-16-21-28-35-44(36-29-22-17-14-11-7-2)43-45(49)37-30-23-19-26-33-41-48(39-9-4)42-34-27-20-24-31-38-46(50)47(5)40-32-25-18-15-12-8-3;;;;/h44H,6-43H2,1-5H3;3*1H4;1H.